The van der Waals surface area contributed by atoms with Crippen LogP contribution in [-0.2, 0) is 32.3 Å². The number of nitrogens with one attached hydrogen (secondary N) is 1. The van der Waals surface area contributed by atoms with Gasteiger partial charge in [-0.25, -0.2) is 13.4 Å². The summed E-state index contributed by atoms with van der Waals surface area (Å²) < 4.78 is 74.1. The highest BCUT2D eigenvalue weighted by Gasteiger charge is 2.38. The van der Waals surface area contributed by atoms with Crippen LogP contribution >= 0.6 is 0 Å². The number of alkyl halides is 3. The third kappa shape index (κ3) is 4.76. The summed E-state index contributed by atoms with van der Waals surface area (Å²) in [6, 6.07) is 3.79. The summed E-state index contributed by atoms with van der Waals surface area (Å²) in [5.41, 5.74) is 0.0574. The highest BCUT2D eigenvalue weighted by Crippen LogP contribution is 2.33. The fourth-order valence-electron chi connectivity index (χ4n) is 4.13. The van der Waals surface area contributed by atoms with Gasteiger partial charge in [-0.2, -0.15) is 17.5 Å². The summed E-state index contributed by atoms with van der Waals surface area (Å²) in [6.07, 6.45) is -1.71. The fraction of sp³-hybridized carbons (Fsp3) is 0.600. The number of imidazole rings is 1. The van der Waals surface area contributed by atoms with Gasteiger partial charge >= 0.3 is 6.18 Å². The second kappa shape index (κ2) is 8.99. The smallest absolute Gasteiger partial charge is 0.376 e. The van der Waals surface area contributed by atoms with Crippen molar-refractivity contribution in [3.05, 3.63) is 24.0 Å². The van der Waals surface area contributed by atoms with Gasteiger partial charge in [0.05, 0.1) is 22.0 Å². The average molecular weight is 475 g/mol. The minimum atomic E-state index is -4.75. The van der Waals surface area contributed by atoms with Gasteiger partial charge in [0, 0.05) is 39.2 Å². The summed E-state index contributed by atoms with van der Waals surface area (Å²) in [7, 11) is -3.78. The molecule has 2 fully saturated rings. The van der Waals surface area contributed by atoms with Crippen LogP contribution in [0.1, 0.15) is 37.9 Å². The minimum absolute atomic E-state index is 0.0604. The number of hydrogen-bond donors (Lipinski definition) is 1. The van der Waals surface area contributed by atoms with E-state index in [1.54, 1.807) is 0 Å². The number of carbonyl (C=O) groups excluding carboxylic acids is 1. The molecule has 1 amide bonds. The van der Waals surface area contributed by atoms with Crippen LogP contribution in [-0.4, -0.2) is 60.5 Å². The van der Waals surface area contributed by atoms with Gasteiger partial charge in [-0.05, 0) is 43.9 Å². The standard InChI is InChI=1S/C20H25F3N4O4S/c21-20(22,23)19-25-16-12-15(32(29,30)26-8-1-2-9-26)5-6-17(16)27(19)10-7-18(28)24-13-14-4-3-11-31-14/h5-6,12,14H,1-4,7-11,13H2,(H,24,28). The van der Waals surface area contributed by atoms with Crippen molar-refractivity contribution >= 4 is 27.0 Å². The van der Waals surface area contributed by atoms with E-state index >= 15 is 0 Å². The first-order valence-electron chi connectivity index (χ1n) is 10.6. The predicted molar refractivity (Wildman–Crippen MR) is 109 cm³/mol. The lowest BCUT2D eigenvalue weighted by atomic mass is 10.2. The quantitative estimate of drug-likeness (QED) is 0.666. The Labute approximate surface area is 183 Å². The van der Waals surface area contributed by atoms with E-state index in [1.165, 1.54) is 22.5 Å². The average Bonchev–Trinajstić information content (AvgIpc) is 3.50. The number of amides is 1. The zero-order valence-corrected chi connectivity index (χ0v) is 18.2. The maximum atomic E-state index is 13.6. The molecule has 2 aromatic rings. The van der Waals surface area contributed by atoms with Gasteiger partial charge < -0.3 is 14.6 Å². The monoisotopic (exact) mass is 474 g/mol. The van der Waals surface area contributed by atoms with E-state index < -0.39 is 22.0 Å². The van der Waals surface area contributed by atoms with Gasteiger partial charge in [0.2, 0.25) is 21.8 Å². The predicted octanol–water partition coefficient (Wildman–Crippen LogP) is 2.52. The lowest BCUT2D eigenvalue weighted by Crippen LogP contribution is -2.32. The Bertz CT molecular complexity index is 1090. The van der Waals surface area contributed by atoms with Gasteiger partial charge in [0.15, 0.2) is 0 Å². The summed E-state index contributed by atoms with van der Waals surface area (Å²) in [6.45, 7) is 1.52. The van der Waals surface area contributed by atoms with Crippen molar-refractivity contribution in [2.24, 2.45) is 0 Å². The lowest BCUT2D eigenvalue weighted by molar-refractivity contribution is -0.147. The van der Waals surface area contributed by atoms with Crippen LogP contribution in [0.25, 0.3) is 11.0 Å². The summed E-state index contributed by atoms with van der Waals surface area (Å²) in [4.78, 5) is 15.7. The van der Waals surface area contributed by atoms with Gasteiger partial charge in [0.25, 0.3) is 0 Å². The van der Waals surface area contributed by atoms with Crippen LogP contribution < -0.4 is 5.32 Å². The zero-order chi connectivity index (χ0) is 22.9. The molecule has 4 rings (SSSR count). The third-order valence-electron chi connectivity index (χ3n) is 5.79. The molecule has 2 aliphatic heterocycles. The molecule has 1 aromatic heterocycles. The zero-order valence-electron chi connectivity index (χ0n) is 17.4. The van der Waals surface area contributed by atoms with Crippen molar-refractivity contribution in [2.75, 3.05) is 26.2 Å². The summed E-state index contributed by atoms with van der Waals surface area (Å²) in [5.74, 6) is -1.54. The Morgan fingerprint density at radius 1 is 1.22 bits per heavy atom. The highest BCUT2D eigenvalue weighted by molar-refractivity contribution is 7.89. The molecule has 12 heteroatoms. The Kier molecular flexibility index (Phi) is 6.46. The maximum Gasteiger partial charge on any atom is 0.449 e. The third-order valence-corrected chi connectivity index (χ3v) is 7.68. The molecule has 32 heavy (non-hydrogen) atoms. The van der Waals surface area contributed by atoms with E-state index in [9.17, 15) is 26.4 Å². The minimum Gasteiger partial charge on any atom is -0.376 e. The van der Waals surface area contributed by atoms with Gasteiger partial charge in [0.1, 0.15) is 0 Å². The molecule has 0 spiro atoms. The number of halogens is 3. The fourth-order valence-corrected chi connectivity index (χ4v) is 5.66. The normalized spacial score (nSPS) is 20.3. The molecular formula is C20H25F3N4O4S. The second-order valence-corrected chi connectivity index (χ2v) is 9.97. The first-order chi connectivity index (χ1) is 15.2. The van der Waals surface area contributed by atoms with E-state index in [4.69, 9.17) is 4.74 Å². The van der Waals surface area contributed by atoms with E-state index in [-0.39, 0.29) is 40.9 Å². The molecule has 2 aliphatic rings. The molecule has 1 N–H and O–H groups in total. The van der Waals surface area contributed by atoms with E-state index in [0.717, 1.165) is 30.3 Å². The molecule has 0 radical (unpaired) electrons. The molecule has 2 saturated heterocycles. The number of benzene rings is 1. The number of sulfonamides is 1. The molecule has 176 valence electrons. The van der Waals surface area contributed by atoms with Gasteiger partial charge in [-0.15, -0.1) is 0 Å². The molecule has 1 unspecified atom stereocenters. The first kappa shape index (κ1) is 23.0. The maximum absolute atomic E-state index is 13.6. The Hall–Kier alpha value is -2.18. The number of hydrogen-bond acceptors (Lipinski definition) is 5. The second-order valence-electron chi connectivity index (χ2n) is 8.04. The topological polar surface area (TPSA) is 93.5 Å². The number of nitrogens with zero attached hydrogens (tertiary/aromatic N) is 3. The van der Waals surface area contributed by atoms with Crippen molar-refractivity contribution in [2.45, 2.75) is 55.8 Å². The molecule has 1 aromatic carbocycles. The van der Waals surface area contributed by atoms with Crippen molar-refractivity contribution in [1.29, 1.82) is 0 Å². The van der Waals surface area contributed by atoms with E-state index in [2.05, 4.69) is 10.3 Å². The number of aryl methyl sites for hydroxylation is 1. The van der Waals surface area contributed by atoms with Crippen molar-refractivity contribution in [1.82, 2.24) is 19.2 Å². The van der Waals surface area contributed by atoms with Crippen molar-refractivity contribution in [3.8, 4) is 0 Å². The number of ether oxygens (including phenoxy) is 1. The molecule has 0 aliphatic carbocycles. The summed E-state index contributed by atoms with van der Waals surface area (Å²) >= 11 is 0. The van der Waals surface area contributed by atoms with Crippen LogP contribution in [0, 0.1) is 0 Å². The van der Waals surface area contributed by atoms with Crippen LogP contribution in [0.4, 0.5) is 13.2 Å². The van der Waals surface area contributed by atoms with E-state index in [1.807, 2.05) is 0 Å². The number of aromatic nitrogens is 2. The highest BCUT2D eigenvalue weighted by atomic mass is 32.2. The first-order valence-corrected chi connectivity index (χ1v) is 12.1. The SMILES string of the molecule is O=C(CCn1c(C(F)(F)F)nc2cc(S(=O)(=O)N3CCCC3)ccc21)NCC1CCCO1. The molecule has 8 nitrogen and oxygen atoms in total. The van der Waals surface area contributed by atoms with Crippen molar-refractivity contribution in [3.63, 3.8) is 0 Å². The van der Waals surface area contributed by atoms with Crippen LogP contribution in [0.3, 0.4) is 0 Å². The lowest BCUT2D eigenvalue weighted by Gasteiger charge is -2.15. The number of carbonyl (C=O) groups is 1. The Morgan fingerprint density at radius 3 is 2.62 bits per heavy atom. The molecule has 1 atom stereocenters. The van der Waals surface area contributed by atoms with Crippen molar-refractivity contribution < 1.29 is 31.1 Å². The Balaban J connectivity index is 1.56. The van der Waals surface area contributed by atoms with Crippen LogP contribution in [0.15, 0.2) is 23.1 Å². The van der Waals surface area contributed by atoms with Gasteiger partial charge in [-0.1, -0.05) is 0 Å². The molecule has 0 bridgehead atoms. The van der Waals surface area contributed by atoms with Crippen LogP contribution in [0.2, 0.25) is 0 Å². The summed E-state index contributed by atoms with van der Waals surface area (Å²) in [5, 5.41) is 2.69. The molecule has 0 saturated carbocycles. The van der Waals surface area contributed by atoms with Gasteiger partial charge in [-0.3, -0.25) is 4.79 Å². The molecular weight excluding hydrogens is 449 g/mol. The Morgan fingerprint density at radius 2 is 1.97 bits per heavy atom. The number of fused-ring (bicyclic) bond motifs is 1. The number of rotatable bonds is 7. The van der Waals surface area contributed by atoms with E-state index in [0.29, 0.717) is 26.2 Å². The largest absolute Gasteiger partial charge is 0.449 e. The van der Waals surface area contributed by atoms with Crippen LogP contribution in [0.5, 0.6) is 0 Å². The molecule has 3 heterocycles.